The largest absolute Gasteiger partial charge is 0.481 e. The summed E-state index contributed by atoms with van der Waals surface area (Å²) in [7, 11) is 0. The minimum atomic E-state index is -0.709. The fourth-order valence-electron chi connectivity index (χ4n) is 4.13. The Hall–Kier alpha value is -1.09. The minimum absolute atomic E-state index is 0.185. The van der Waals surface area contributed by atoms with E-state index in [1.165, 1.54) is 56.9 Å². The molecule has 1 N–H and O–H groups in total. The summed E-state index contributed by atoms with van der Waals surface area (Å²) in [6.45, 7) is 2.26. The van der Waals surface area contributed by atoms with Crippen LogP contribution in [0.5, 0.6) is 0 Å². The number of aliphatic carboxylic acids is 1. The third-order valence-corrected chi connectivity index (χ3v) is 5.59. The second kappa shape index (κ2) is 10.8. The molecule has 0 aromatic heterocycles. The highest BCUT2D eigenvalue weighted by molar-refractivity contribution is 5.66. The van der Waals surface area contributed by atoms with Gasteiger partial charge >= 0.3 is 5.97 Å². The van der Waals surface area contributed by atoms with Crippen molar-refractivity contribution in [2.75, 3.05) is 0 Å². The lowest BCUT2D eigenvalue weighted by molar-refractivity contribution is -0.137. The van der Waals surface area contributed by atoms with E-state index in [9.17, 15) is 4.79 Å². The zero-order chi connectivity index (χ0) is 18.0. The number of carbonyl (C=O) groups is 1. The molecule has 0 spiro atoms. The zero-order valence-corrected chi connectivity index (χ0v) is 16.0. The Morgan fingerprint density at radius 1 is 1.20 bits per heavy atom. The molecule has 3 nitrogen and oxygen atoms in total. The van der Waals surface area contributed by atoms with Crippen molar-refractivity contribution in [1.29, 1.82) is 0 Å². The molecule has 2 aliphatic heterocycles. The Balaban J connectivity index is 1.63. The lowest BCUT2D eigenvalue weighted by Crippen LogP contribution is -2.27. The first-order valence-electron chi connectivity index (χ1n) is 10.4. The molecule has 0 amide bonds. The van der Waals surface area contributed by atoms with E-state index in [-0.39, 0.29) is 18.1 Å². The van der Waals surface area contributed by atoms with Gasteiger partial charge < -0.3 is 9.84 Å². The van der Waals surface area contributed by atoms with Gasteiger partial charge in [-0.1, -0.05) is 64.0 Å². The Morgan fingerprint density at radius 2 is 1.92 bits per heavy atom. The molecule has 1 saturated heterocycles. The molecule has 0 aromatic rings. The molecular weight excluding hydrogens is 312 g/mol. The van der Waals surface area contributed by atoms with Crippen LogP contribution >= 0.6 is 0 Å². The standard InChI is InChI=1S/C22H36O3/c1-2-3-4-5-6-7-8-9-10-11-13-19-18-20-15-17-22(19,25-20)16-12-14-21(23)24/h11,13,18,20H,2-10,12,14-17H2,1H3,(H,23,24)/b13-11+/t20-,22+/m0/s1. The maximum absolute atomic E-state index is 10.8. The molecule has 3 heteroatoms. The Bertz CT molecular complexity index is 466. The van der Waals surface area contributed by atoms with Crippen LogP contribution in [0.4, 0.5) is 0 Å². The van der Waals surface area contributed by atoms with Crippen molar-refractivity contribution in [3.05, 3.63) is 23.8 Å². The first-order valence-corrected chi connectivity index (χ1v) is 10.4. The van der Waals surface area contributed by atoms with E-state index in [0.29, 0.717) is 6.42 Å². The summed E-state index contributed by atoms with van der Waals surface area (Å²) >= 11 is 0. The lowest BCUT2D eigenvalue weighted by atomic mass is 9.82. The molecule has 142 valence electrons. The first kappa shape index (κ1) is 20.2. The number of hydrogen-bond acceptors (Lipinski definition) is 2. The second-order valence-corrected chi connectivity index (χ2v) is 7.72. The zero-order valence-electron chi connectivity index (χ0n) is 16.0. The average Bonchev–Trinajstić information content (AvgIpc) is 3.14. The minimum Gasteiger partial charge on any atom is -0.481 e. The van der Waals surface area contributed by atoms with Crippen molar-refractivity contribution in [2.45, 2.75) is 109 Å². The quantitative estimate of drug-likeness (QED) is 0.381. The summed E-state index contributed by atoms with van der Waals surface area (Å²) in [4.78, 5) is 10.8. The number of hydrogen-bond donors (Lipinski definition) is 1. The molecule has 0 radical (unpaired) electrons. The Labute approximate surface area is 153 Å². The molecular formula is C22H36O3. The van der Waals surface area contributed by atoms with E-state index < -0.39 is 5.97 Å². The molecule has 1 fully saturated rings. The van der Waals surface area contributed by atoms with E-state index >= 15 is 0 Å². The molecule has 0 unspecified atom stereocenters. The first-order chi connectivity index (χ1) is 12.2. The molecule has 0 aliphatic carbocycles. The molecule has 25 heavy (non-hydrogen) atoms. The van der Waals surface area contributed by atoms with Crippen LogP contribution in [0.3, 0.4) is 0 Å². The van der Waals surface area contributed by atoms with Crippen LogP contribution in [0.1, 0.15) is 96.8 Å². The molecule has 2 bridgehead atoms. The highest BCUT2D eigenvalue weighted by atomic mass is 16.5. The van der Waals surface area contributed by atoms with Crippen LogP contribution in [0.25, 0.3) is 0 Å². The summed E-state index contributed by atoms with van der Waals surface area (Å²) in [5, 5.41) is 8.86. The average molecular weight is 349 g/mol. The van der Waals surface area contributed by atoms with Gasteiger partial charge in [-0.25, -0.2) is 0 Å². The summed E-state index contributed by atoms with van der Waals surface area (Å²) < 4.78 is 6.16. The molecule has 0 aromatic carbocycles. The second-order valence-electron chi connectivity index (χ2n) is 7.72. The van der Waals surface area contributed by atoms with Gasteiger partial charge in [0.25, 0.3) is 0 Å². The van der Waals surface area contributed by atoms with Crippen LogP contribution in [-0.2, 0) is 9.53 Å². The predicted molar refractivity (Wildman–Crippen MR) is 103 cm³/mol. The maximum atomic E-state index is 10.8. The van der Waals surface area contributed by atoms with E-state index in [1.54, 1.807) is 0 Å². The maximum Gasteiger partial charge on any atom is 0.303 e. The fourth-order valence-corrected chi connectivity index (χ4v) is 4.13. The lowest BCUT2D eigenvalue weighted by Gasteiger charge is -2.27. The summed E-state index contributed by atoms with van der Waals surface area (Å²) in [6.07, 6.45) is 23.0. The smallest absolute Gasteiger partial charge is 0.303 e. The highest BCUT2D eigenvalue weighted by Crippen LogP contribution is 2.47. The Morgan fingerprint density at radius 3 is 2.60 bits per heavy atom. The van der Waals surface area contributed by atoms with Crippen LogP contribution in [0.2, 0.25) is 0 Å². The molecule has 2 rings (SSSR count). The topological polar surface area (TPSA) is 46.5 Å². The molecule has 2 atom stereocenters. The molecule has 2 aliphatic rings. The third kappa shape index (κ3) is 6.62. The number of carboxylic acids is 1. The summed E-state index contributed by atoms with van der Waals surface area (Å²) in [5.41, 5.74) is 1.12. The number of ether oxygens (including phenoxy) is 1. The van der Waals surface area contributed by atoms with E-state index in [0.717, 1.165) is 25.7 Å². The van der Waals surface area contributed by atoms with Crippen LogP contribution in [0.15, 0.2) is 23.8 Å². The fraction of sp³-hybridized carbons (Fsp3) is 0.773. The monoisotopic (exact) mass is 348 g/mol. The van der Waals surface area contributed by atoms with Crippen molar-refractivity contribution in [2.24, 2.45) is 0 Å². The van der Waals surface area contributed by atoms with E-state index in [4.69, 9.17) is 9.84 Å². The van der Waals surface area contributed by atoms with Crippen molar-refractivity contribution in [3.63, 3.8) is 0 Å². The van der Waals surface area contributed by atoms with E-state index in [2.05, 4.69) is 25.2 Å². The normalized spacial score (nSPS) is 25.0. The van der Waals surface area contributed by atoms with Gasteiger partial charge in [0.2, 0.25) is 0 Å². The predicted octanol–water partition coefficient (Wildman–Crippen LogP) is 6.19. The van der Waals surface area contributed by atoms with Crippen molar-refractivity contribution in [3.8, 4) is 0 Å². The molecule has 2 heterocycles. The van der Waals surface area contributed by atoms with Gasteiger partial charge in [0.05, 0.1) is 11.7 Å². The third-order valence-electron chi connectivity index (χ3n) is 5.59. The van der Waals surface area contributed by atoms with Crippen molar-refractivity contribution >= 4 is 5.97 Å². The van der Waals surface area contributed by atoms with Gasteiger partial charge in [-0.2, -0.15) is 0 Å². The highest BCUT2D eigenvalue weighted by Gasteiger charge is 2.46. The van der Waals surface area contributed by atoms with Crippen LogP contribution in [0, 0.1) is 0 Å². The summed E-state index contributed by atoms with van der Waals surface area (Å²) in [6, 6.07) is 0. The van der Waals surface area contributed by atoms with Gasteiger partial charge in [0.15, 0.2) is 0 Å². The number of fused-ring (bicyclic) bond motifs is 2. The number of carboxylic acid groups (broad SMARTS) is 1. The van der Waals surface area contributed by atoms with Gasteiger partial charge in [-0.05, 0) is 50.2 Å². The van der Waals surface area contributed by atoms with Gasteiger partial charge in [-0.15, -0.1) is 0 Å². The van der Waals surface area contributed by atoms with Crippen LogP contribution in [-0.4, -0.2) is 22.8 Å². The van der Waals surface area contributed by atoms with E-state index in [1.807, 2.05) is 0 Å². The van der Waals surface area contributed by atoms with Crippen molar-refractivity contribution < 1.29 is 14.6 Å². The van der Waals surface area contributed by atoms with Gasteiger partial charge in [-0.3, -0.25) is 4.79 Å². The number of unbranched alkanes of at least 4 members (excludes halogenated alkanes) is 8. The van der Waals surface area contributed by atoms with Gasteiger partial charge in [0, 0.05) is 6.42 Å². The number of rotatable bonds is 14. The van der Waals surface area contributed by atoms with Crippen LogP contribution < -0.4 is 0 Å². The SMILES string of the molecule is CCCCCCCCCC/C=C/C1=C[C@@H]2CC[C@@]1(CCCC(=O)O)O2. The molecule has 0 saturated carbocycles. The number of allylic oxidation sites excluding steroid dienone is 1. The summed E-state index contributed by atoms with van der Waals surface area (Å²) in [5.74, 6) is -0.709. The van der Waals surface area contributed by atoms with Gasteiger partial charge in [0.1, 0.15) is 0 Å². The Kier molecular flexibility index (Phi) is 8.74. The van der Waals surface area contributed by atoms with Crippen molar-refractivity contribution in [1.82, 2.24) is 0 Å².